The van der Waals surface area contributed by atoms with Crippen LogP contribution in [0.4, 0.5) is 11.4 Å². The molecule has 4 heteroatoms. The minimum absolute atomic E-state index is 0.411. The van der Waals surface area contributed by atoms with Crippen molar-refractivity contribution < 1.29 is 0 Å². The van der Waals surface area contributed by atoms with Gasteiger partial charge in [-0.1, -0.05) is 54.1 Å². The van der Waals surface area contributed by atoms with Gasteiger partial charge < -0.3 is 15.1 Å². The van der Waals surface area contributed by atoms with Crippen LogP contribution in [0, 0.1) is 6.92 Å². The molecule has 0 aromatic heterocycles. The SMILES string of the molecule is Cc1ccc(N2CCN(C(=S)Nc3cccc4ccccc34)CC2C)cc1. The zero-order valence-corrected chi connectivity index (χ0v) is 16.7. The lowest BCUT2D eigenvalue weighted by atomic mass is 10.1. The van der Waals surface area contributed by atoms with E-state index in [0.29, 0.717) is 6.04 Å². The molecule has 1 N–H and O–H groups in total. The van der Waals surface area contributed by atoms with Crippen LogP contribution in [0.2, 0.25) is 0 Å². The van der Waals surface area contributed by atoms with Crippen molar-refractivity contribution in [2.24, 2.45) is 0 Å². The van der Waals surface area contributed by atoms with Gasteiger partial charge in [0.05, 0.1) is 0 Å². The van der Waals surface area contributed by atoms with E-state index < -0.39 is 0 Å². The van der Waals surface area contributed by atoms with Gasteiger partial charge in [0.25, 0.3) is 0 Å². The molecule has 0 spiro atoms. The number of aryl methyl sites for hydroxylation is 1. The van der Waals surface area contributed by atoms with E-state index in [9.17, 15) is 0 Å². The van der Waals surface area contributed by atoms with Gasteiger partial charge in [-0.05, 0) is 49.7 Å². The van der Waals surface area contributed by atoms with Gasteiger partial charge >= 0.3 is 0 Å². The molecule has 1 aliphatic rings. The summed E-state index contributed by atoms with van der Waals surface area (Å²) < 4.78 is 0. The first-order valence-corrected chi connectivity index (χ1v) is 9.89. The molecule has 1 heterocycles. The summed E-state index contributed by atoms with van der Waals surface area (Å²) in [5.41, 5.74) is 3.66. The average Bonchev–Trinajstić information content (AvgIpc) is 2.69. The van der Waals surface area contributed by atoms with Crippen molar-refractivity contribution in [3.8, 4) is 0 Å². The number of nitrogens with zero attached hydrogens (tertiary/aromatic N) is 2. The van der Waals surface area contributed by atoms with Gasteiger partial charge in [0, 0.05) is 42.4 Å². The maximum Gasteiger partial charge on any atom is 0.173 e. The summed E-state index contributed by atoms with van der Waals surface area (Å²) in [5.74, 6) is 0. The second-order valence-corrected chi connectivity index (χ2v) is 7.67. The smallest absolute Gasteiger partial charge is 0.173 e. The predicted molar refractivity (Wildman–Crippen MR) is 120 cm³/mol. The number of anilines is 2. The fraction of sp³-hybridized carbons (Fsp3) is 0.261. The first-order valence-electron chi connectivity index (χ1n) is 9.49. The third-order valence-corrected chi connectivity index (χ3v) is 5.67. The Balaban J connectivity index is 1.45. The van der Waals surface area contributed by atoms with Crippen molar-refractivity contribution in [2.45, 2.75) is 19.9 Å². The van der Waals surface area contributed by atoms with Gasteiger partial charge in [0.2, 0.25) is 0 Å². The molecule has 4 rings (SSSR count). The number of thiocarbonyl (C=S) groups is 1. The van der Waals surface area contributed by atoms with Crippen LogP contribution in [0.3, 0.4) is 0 Å². The Kier molecular flexibility index (Phi) is 4.99. The number of nitrogens with one attached hydrogen (secondary N) is 1. The number of fused-ring (bicyclic) bond motifs is 1. The van der Waals surface area contributed by atoms with Gasteiger partial charge in [-0.3, -0.25) is 0 Å². The summed E-state index contributed by atoms with van der Waals surface area (Å²) in [5, 5.41) is 6.71. The van der Waals surface area contributed by atoms with Crippen molar-refractivity contribution in [1.82, 2.24) is 4.90 Å². The Hall–Kier alpha value is -2.59. The van der Waals surface area contributed by atoms with E-state index in [2.05, 4.69) is 95.7 Å². The Morgan fingerprint density at radius 2 is 1.70 bits per heavy atom. The van der Waals surface area contributed by atoms with Crippen LogP contribution in [0.5, 0.6) is 0 Å². The van der Waals surface area contributed by atoms with E-state index >= 15 is 0 Å². The molecule has 0 amide bonds. The summed E-state index contributed by atoms with van der Waals surface area (Å²) in [6.45, 7) is 7.22. The molecule has 1 aliphatic heterocycles. The molecule has 0 aliphatic carbocycles. The lowest BCUT2D eigenvalue weighted by molar-refractivity contribution is 0.342. The summed E-state index contributed by atoms with van der Waals surface area (Å²) in [6, 6.07) is 23.9. The summed E-state index contributed by atoms with van der Waals surface area (Å²) in [6.07, 6.45) is 0. The van der Waals surface area contributed by atoms with Crippen molar-refractivity contribution in [2.75, 3.05) is 29.9 Å². The van der Waals surface area contributed by atoms with Gasteiger partial charge in [-0.2, -0.15) is 0 Å². The van der Waals surface area contributed by atoms with Gasteiger partial charge in [-0.25, -0.2) is 0 Å². The molecule has 0 saturated carbocycles. The van der Waals surface area contributed by atoms with Crippen LogP contribution in [0.25, 0.3) is 10.8 Å². The molecule has 27 heavy (non-hydrogen) atoms. The second-order valence-electron chi connectivity index (χ2n) is 7.28. The molecule has 1 atom stereocenters. The van der Waals surface area contributed by atoms with Crippen LogP contribution in [-0.2, 0) is 0 Å². The van der Waals surface area contributed by atoms with Gasteiger partial charge in [-0.15, -0.1) is 0 Å². The highest BCUT2D eigenvalue weighted by molar-refractivity contribution is 7.80. The Morgan fingerprint density at radius 3 is 2.48 bits per heavy atom. The lowest BCUT2D eigenvalue weighted by Crippen LogP contribution is -2.54. The second kappa shape index (κ2) is 7.57. The quantitative estimate of drug-likeness (QED) is 0.631. The van der Waals surface area contributed by atoms with Crippen LogP contribution < -0.4 is 10.2 Å². The maximum absolute atomic E-state index is 5.74. The summed E-state index contributed by atoms with van der Waals surface area (Å²) in [7, 11) is 0. The third-order valence-electron chi connectivity index (χ3n) is 5.31. The van der Waals surface area contributed by atoms with Crippen molar-refractivity contribution >= 4 is 39.5 Å². The fourth-order valence-corrected chi connectivity index (χ4v) is 4.07. The van der Waals surface area contributed by atoms with Crippen LogP contribution in [0.1, 0.15) is 12.5 Å². The Morgan fingerprint density at radius 1 is 0.963 bits per heavy atom. The normalized spacial score (nSPS) is 17.2. The van der Waals surface area contributed by atoms with E-state index in [-0.39, 0.29) is 0 Å². The fourth-order valence-electron chi connectivity index (χ4n) is 3.79. The number of rotatable bonds is 2. The molecular formula is C23H25N3S. The molecule has 1 fully saturated rings. The maximum atomic E-state index is 5.74. The molecule has 3 nitrogen and oxygen atoms in total. The van der Waals surface area contributed by atoms with Crippen molar-refractivity contribution in [3.05, 3.63) is 72.3 Å². The highest BCUT2D eigenvalue weighted by Gasteiger charge is 2.25. The molecule has 0 radical (unpaired) electrons. The minimum atomic E-state index is 0.411. The average molecular weight is 376 g/mol. The third kappa shape index (κ3) is 3.76. The van der Waals surface area contributed by atoms with Gasteiger partial charge in [0.15, 0.2) is 5.11 Å². The predicted octanol–water partition coefficient (Wildman–Crippen LogP) is 5.06. The molecule has 138 valence electrons. The highest BCUT2D eigenvalue weighted by Crippen LogP contribution is 2.25. The number of benzene rings is 3. The summed E-state index contributed by atoms with van der Waals surface area (Å²) >= 11 is 5.74. The van der Waals surface area contributed by atoms with E-state index in [0.717, 1.165) is 30.4 Å². The van der Waals surface area contributed by atoms with E-state index in [1.807, 2.05) is 0 Å². The first-order chi connectivity index (χ1) is 13.1. The van der Waals surface area contributed by atoms with Crippen LogP contribution >= 0.6 is 12.2 Å². The van der Waals surface area contributed by atoms with Crippen molar-refractivity contribution in [3.63, 3.8) is 0 Å². The topological polar surface area (TPSA) is 18.5 Å². The zero-order chi connectivity index (χ0) is 18.8. The number of hydrogen-bond donors (Lipinski definition) is 1. The molecular weight excluding hydrogens is 350 g/mol. The molecule has 3 aromatic carbocycles. The molecule has 1 saturated heterocycles. The number of hydrogen-bond acceptors (Lipinski definition) is 2. The van der Waals surface area contributed by atoms with E-state index in [4.69, 9.17) is 12.2 Å². The lowest BCUT2D eigenvalue weighted by Gasteiger charge is -2.42. The molecule has 3 aromatic rings. The standard InChI is InChI=1S/C23H25N3S/c1-17-10-12-20(13-11-17)26-15-14-25(16-18(26)2)23(27)24-22-9-5-7-19-6-3-4-8-21(19)22/h3-13,18H,14-16H2,1-2H3,(H,24,27). The van der Waals surface area contributed by atoms with E-state index in [1.54, 1.807) is 0 Å². The van der Waals surface area contributed by atoms with Crippen LogP contribution in [-0.4, -0.2) is 35.7 Å². The molecule has 0 bridgehead atoms. The highest BCUT2D eigenvalue weighted by atomic mass is 32.1. The minimum Gasteiger partial charge on any atom is -0.365 e. The summed E-state index contributed by atoms with van der Waals surface area (Å²) in [4.78, 5) is 4.75. The number of piperazine rings is 1. The Bertz CT molecular complexity index is 946. The van der Waals surface area contributed by atoms with E-state index in [1.165, 1.54) is 22.0 Å². The molecule has 1 unspecified atom stereocenters. The monoisotopic (exact) mass is 375 g/mol. The largest absolute Gasteiger partial charge is 0.365 e. The van der Waals surface area contributed by atoms with Crippen molar-refractivity contribution in [1.29, 1.82) is 0 Å². The van der Waals surface area contributed by atoms with Gasteiger partial charge in [0.1, 0.15) is 0 Å². The van der Waals surface area contributed by atoms with Crippen LogP contribution in [0.15, 0.2) is 66.7 Å². The zero-order valence-electron chi connectivity index (χ0n) is 15.9. The first kappa shape index (κ1) is 17.8. The Labute approximate surface area is 166 Å².